The lowest BCUT2D eigenvalue weighted by Crippen LogP contribution is -2.09. The number of rotatable bonds is 4. The maximum atomic E-state index is 13.1. The molecule has 0 amide bonds. The summed E-state index contributed by atoms with van der Waals surface area (Å²) in [5, 5.41) is 13.1. The molecule has 0 bridgehead atoms. The molecule has 2 aromatic carbocycles. The molecule has 3 rings (SSSR count). The maximum absolute atomic E-state index is 13.1. The monoisotopic (exact) mass is 347 g/mol. The summed E-state index contributed by atoms with van der Waals surface area (Å²) in [5.41, 5.74) is 5.75. The van der Waals surface area contributed by atoms with Gasteiger partial charge in [-0.2, -0.15) is 0 Å². The van der Waals surface area contributed by atoms with E-state index in [1.54, 1.807) is 12.1 Å². The maximum Gasteiger partial charge on any atom is 0.198 e. The molecule has 135 valence electrons. The molecule has 1 radical (unpaired) electrons. The zero-order valence-electron chi connectivity index (χ0n) is 16.5. The summed E-state index contributed by atoms with van der Waals surface area (Å²) in [5.74, 6) is 0.602. The molecule has 2 nitrogen and oxygen atoms in total. The zero-order chi connectivity index (χ0) is 19.2. The number of allylic oxidation sites excluding steroid dienone is 1. The van der Waals surface area contributed by atoms with Gasteiger partial charge in [-0.1, -0.05) is 77.9 Å². The molecule has 2 heteroatoms. The highest BCUT2D eigenvalue weighted by molar-refractivity contribution is 6.39. The van der Waals surface area contributed by atoms with Gasteiger partial charge in [0.05, 0.1) is 5.57 Å². The minimum absolute atomic E-state index is 0.133. The number of benzene rings is 2. The van der Waals surface area contributed by atoms with E-state index in [0.29, 0.717) is 22.6 Å². The highest BCUT2D eigenvalue weighted by Gasteiger charge is 2.35. The Hall–Kier alpha value is -2.35. The highest BCUT2D eigenvalue weighted by Crippen LogP contribution is 2.43. The van der Waals surface area contributed by atoms with Crippen molar-refractivity contribution in [3.05, 3.63) is 69.8 Å². The fourth-order valence-electron chi connectivity index (χ4n) is 3.72. The van der Waals surface area contributed by atoms with Crippen LogP contribution in [0.1, 0.15) is 97.5 Å². The molecular formula is C24H27O2. The number of hydrogen-bond donors (Lipinski definition) is 0. The summed E-state index contributed by atoms with van der Waals surface area (Å²) >= 11 is 0. The molecular weight excluding hydrogens is 320 g/mol. The Balaban J connectivity index is 2.35. The van der Waals surface area contributed by atoms with Gasteiger partial charge in [0, 0.05) is 11.1 Å². The van der Waals surface area contributed by atoms with Gasteiger partial charge in [-0.15, -0.1) is 0 Å². The lowest BCUT2D eigenvalue weighted by atomic mass is 9.81. The molecule has 0 N–H and O–H groups in total. The lowest BCUT2D eigenvalue weighted by molar-refractivity contribution is 0.105. The average Bonchev–Trinajstić information content (AvgIpc) is 2.85. The van der Waals surface area contributed by atoms with E-state index in [1.165, 1.54) is 5.56 Å². The minimum atomic E-state index is -0.133. The minimum Gasteiger partial charge on any atom is -0.288 e. The molecule has 0 aliphatic heterocycles. The normalized spacial score (nSPS) is 14.1. The molecule has 0 unspecified atom stereocenters. The van der Waals surface area contributed by atoms with Gasteiger partial charge in [0.25, 0.3) is 0 Å². The Morgan fingerprint density at radius 1 is 0.731 bits per heavy atom. The Bertz CT molecular complexity index is 869. The van der Waals surface area contributed by atoms with Gasteiger partial charge in [-0.25, -0.2) is 0 Å². The van der Waals surface area contributed by atoms with E-state index in [1.807, 2.05) is 12.1 Å². The van der Waals surface area contributed by atoms with E-state index in [0.717, 1.165) is 16.7 Å². The second-order valence-corrected chi connectivity index (χ2v) is 8.12. The lowest BCUT2D eigenvalue weighted by Gasteiger charge is -2.23. The van der Waals surface area contributed by atoms with Gasteiger partial charge >= 0.3 is 0 Å². The predicted octanol–water partition coefficient (Wildman–Crippen LogP) is 6.55. The van der Waals surface area contributed by atoms with E-state index >= 15 is 0 Å². The SMILES string of the molecule is CC(C)c1cc(C(C)C)c(C2=C([O])c3ccccc3C2=O)c(C(C)C)c1. The molecule has 0 spiro atoms. The van der Waals surface area contributed by atoms with Gasteiger partial charge in [0.2, 0.25) is 0 Å². The first-order valence-corrected chi connectivity index (χ1v) is 9.47. The Morgan fingerprint density at radius 3 is 1.65 bits per heavy atom. The van der Waals surface area contributed by atoms with Gasteiger partial charge in [-0.3, -0.25) is 9.90 Å². The molecule has 26 heavy (non-hydrogen) atoms. The molecule has 1 aliphatic carbocycles. The van der Waals surface area contributed by atoms with Crippen molar-refractivity contribution in [3.63, 3.8) is 0 Å². The van der Waals surface area contributed by atoms with Crippen molar-refractivity contribution in [2.75, 3.05) is 0 Å². The number of hydrogen-bond acceptors (Lipinski definition) is 1. The van der Waals surface area contributed by atoms with Crippen molar-refractivity contribution >= 4 is 17.1 Å². The van der Waals surface area contributed by atoms with E-state index in [9.17, 15) is 9.90 Å². The van der Waals surface area contributed by atoms with Crippen LogP contribution in [-0.2, 0) is 5.11 Å². The van der Waals surface area contributed by atoms with Crippen molar-refractivity contribution in [1.82, 2.24) is 0 Å². The van der Waals surface area contributed by atoms with Crippen LogP contribution < -0.4 is 0 Å². The second-order valence-electron chi connectivity index (χ2n) is 8.12. The standard InChI is InChI=1S/C24H27O2/c1-13(2)16-11-19(14(3)4)21(20(12-16)15(5)6)22-23(25)17-9-7-8-10-18(17)24(22)26/h7-15H,1-6H3. The summed E-state index contributed by atoms with van der Waals surface area (Å²) in [6.07, 6.45) is 0. The molecule has 0 heterocycles. The Labute approximate surface area is 156 Å². The summed E-state index contributed by atoms with van der Waals surface area (Å²) in [6, 6.07) is 11.5. The largest absolute Gasteiger partial charge is 0.288 e. The van der Waals surface area contributed by atoms with Gasteiger partial charge < -0.3 is 0 Å². The van der Waals surface area contributed by atoms with Gasteiger partial charge in [-0.05, 0) is 40.0 Å². The number of Topliss-reactive ketones (excluding diaryl/α,β-unsaturated/α-hetero) is 1. The molecule has 0 saturated carbocycles. The van der Waals surface area contributed by atoms with Crippen molar-refractivity contribution < 1.29 is 9.90 Å². The first kappa shape index (κ1) is 18.4. The van der Waals surface area contributed by atoms with Crippen LogP contribution in [0.3, 0.4) is 0 Å². The number of fused-ring (bicyclic) bond motifs is 1. The number of carbonyl (C=O) groups is 1. The fourth-order valence-corrected chi connectivity index (χ4v) is 3.72. The summed E-state index contributed by atoms with van der Waals surface area (Å²) < 4.78 is 0. The second kappa shape index (κ2) is 6.75. The zero-order valence-corrected chi connectivity index (χ0v) is 16.5. The van der Waals surface area contributed by atoms with Crippen molar-refractivity contribution in [1.29, 1.82) is 0 Å². The van der Waals surface area contributed by atoms with Crippen LogP contribution in [0.5, 0.6) is 0 Å². The number of carbonyl (C=O) groups excluding carboxylic acids is 1. The third-order valence-electron chi connectivity index (χ3n) is 5.25. The smallest absolute Gasteiger partial charge is 0.198 e. The Kier molecular flexibility index (Phi) is 4.79. The van der Waals surface area contributed by atoms with Crippen LogP contribution in [-0.4, -0.2) is 5.78 Å². The van der Waals surface area contributed by atoms with Crippen molar-refractivity contribution in [3.8, 4) is 0 Å². The van der Waals surface area contributed by atoms with Gasteiger partial charge in [0.1, 0.15) is 0 Å². The molecule has 0 atom stereocenters. The van der Waals surface area contributed by atoms with Crippen LogP contribution >= 0.6 is 0 Å². The first-order valence-electron chi connectivity index (χ1n) is 9.47. The Morgan fingerprint density at radius 2 is 1.23 bits per heavy atom. The number of ketones is 1. The van der Waals surface area contributed by atoms with E-state index < -0.39 is 0 Å². The summed E-state index contributed by atoms with van der Waals surface area (Å²) in [7, 11) is 0. The average molecular weight is 347 g/mol. The topological polar surface area (TPSA) is 37.0 Å². The van der Waals surface area contributed by atoms with Crippen LogP contribution in [0.4, 0.5) is 0 Å². The van der Waals surface area contributed by atoms with Crippen molar-refractivity contribution in [2.24, 2.45) is 0 Å². The summed E-state index contributed by atoms with van der Waals surface area (Å²) in [6.45, 7) is 12.9. The molecule has 0 aromatic heterocycles. The van der Waals surface area contributed by atoms with Crippen LogP contribution in [0.25, 0.3) is 11.3 Å². The molecule has 2 aromatic rings. The first-order chi connectivity index (χ1) is 12.2. The van der Waals surface area contributed by atoms with E-state index in [2.05, 4.69) is 53.7 Å². The van der Waals surface area contributed by atoms with Crippen LogP contribution in [0, 0.1) is 0 Å². The fraction of sp³-hybridized carbons (Fsp3) is 0.375. The van der Waals surface area contributed by atoms with E-state index in [-0.39, 0.29) is 23.4 Å². The highest BCUT2D eigenvalue weighted by atomic mass is 16.3. The predicted molar refractivity (Wildman–Crippen MR) is 107 cm³/mol. The van der Waals surface area contributed by atoms with Crippen molar-refractivity contribution in [2.45, 2.75) is 59.3 Å². The molecule has 0 fully saturated rings. The van der Waals surface area contributed by atoms with Gasteiger partial charge in [0.15, 0.2) is 11.5 Å². The van der Waals surface area contributed by atoms with Crippen LogP contribution in [0.15, 0.2) is 36.4 Å². The third kappa shape index (κ3) is 2.88. The van der Waals surface area contributed by atoms with Crippen LogP contribution in [0.2, 0.25) is 0 Å². The summed E-state index contributed by atoms with van der Waals surface area (Å²) in [4.78, 5) is 13.1. The third-order valence-corrected chi connectivity index (χ3v) is 5.25. The quantitative estimate of drug-likeness (QED) is 0.617. The molecule has 1 aliphatic rings. The van der Waals surface area contributed by atoms with E-state index in [4.69, 9.17) is 0 Å². The molecule has 0 saturated heterocycles.